The fraction of sp³-hybridized carbons (Fsp3) is 0.0667. The molecule has 3 N–H and O–H groups in total. The lowest BCUT2D eigenvalue weighted by Gasteiger charge is -2.11. The van der Waals surface area contributed by atoms with E-state index in [0.717, 1.165) is 22.1 Å². The number of hydrogen-bond acceptors (Lipinski definition) is 4. The van der Waals surface area contributed by atoms with Crippen LogP contribution >= 0.6 is 11.6 Å². The van der Waals surface area contributed by atoms with Crippen LogP contribution in [0.1, 0.15) is 5.56 Å². The molecule has 0 unspecified atom stereocenters. The van der Waals surface area contributed by atoms with Crippen LogP contribution in [0.5, 0.6) is 0 Å². The van der Waals surface area contributed by atoms with E-state index in [1.54, 1.807) is 12.3 Å². The number of halogens is 1. The molecule has 5 heteroatoms. The van der Waals surface area contributed by atoms with Crippen LogP contribution in [0.3, 0.4) is 0 Å². The second-order valence-electron chi connectivity index (χ2n) is 4.40. The molecule has 2 aromatic carbocycles. The van der Waals surface area contributed by atoms with E-state index in [1.165, 1.54) is 0 Å². The third-order valence-corrected chi connectivity index (χ3v) is 3.52. The van der Waals surface area contributed by atoms with Crippen molar-refractivity contribution >= 4 is 28.5 Å². The molecule has 0 fully saturated rings. The summed E-state index contributed by atoms with van der Waals surface area (Å²) in [7, 11) is 0. The van der Waals surface area contributed by atoms with Crippen LogP contribution in [0.25, 0.3) is 22.0 Å². The third-order valence-electron chi connectivity index (χ3n) is 3.19. The minimum atomic E-state index is -0.0408. The van der Waals surface area contributed by atoms with Gasteiger partial charge in [-0.3, -0.25) is 0 Å². The Morgan fingerprint density at radius 3 is 2.70 bits per heavy atom. The summed E-state index contributed by atoms with van der Waals surface area (Å²) in [5.74, 6) is 0.197. The van der Waals surface area contributed by atoms with Gasteiger partial charge in [-0.1, -0.05) is 41.9 Å². The molecule has 0 saturated carbocycles. The Bertz CT molecular complexity index is 789. The van der Waals surface area contributed by atoms with E-state index in [9.17, 15) is 5.11 Å². The molecule has 3 rings (SSSR count). The number of nitrogens with zero attached hydrogens (tertiary/aromatic N) is 2. The molecule has 3 aromatic rings. The van der Waals surface area contributed by atoms with E-state index in [4.69, 9.17) is 17.3 Å². The molecule has 0 saturated heterocycles. The van der Waals surface area contributed by atoms with Crippen LogP contribution in [-0.2, 0) is 6.61 Å². The van der Waals surface area contributed by atoms with Crippen LogP contribution in [0, 0.1) is 0 Å². The van der Waals surface area contributed by atoms with Gasteiger partial charge in [0.1, 0.15) is 0 Å². The number of nitrogen functional groups attached to an aromatic ring is 1. The molecule has 0 radical (unpaired) electrons. The maximum Gasteiger partial charge on any atom is 0.220 e. The molecule has 20 heavy (non-hydrogen) atoms. The maximum atomic E-state index is 9.48. The zero-order valence-corrected chi connectivity index (χ0v) is 11.3. The molecule has 0 spiro atoms. The second-order valence-corrected chi connectivity index (χ2v) is 4.81. The van der Waals surface area contributed by atoms with Crippen molar-refractivity contribution < 1.29 is 5.11 Å². The van der Waals surface area contributed by atoms with Gasteiger partial charge >= 0.3 is 0 Å². The Hall–Kier alpha value is -2.17. The number of aliphatic hydroxyl groups excluding tert-OH is 1. The number of aromatic nitrogens is 2. The molecule has 0 aliphatic heterocycles. The predicted molar refractivity (Wildman–Crippen MR) is 80.3 cm³/mol. The highest BCUT2D eigenvalue weighted by Gasteiger charge is 2.11. The van der Waals surface area contributed by atoms with Gasteiger partial charge < -0.3 is 10.8 Å². The molecule has 0 aliphatic carbocycles. The number of aliphatic hydroxyl groups is 1. The van der Waals surface area contributed by atoms with Gasteiger partial charge in [-0.15, -0.1) is 0 Å². The van der Waals surface area contributed by atoms with Crippen LogP contribution in [-0.4, -0.2) is 15.1 Å². The molecule has 1 heterocycles. The zero-order chi connectivity index (χ0) is 14.1. The first-order valence-electron chi connectivity index (χ1n) is 6.10. The minimum absolute atomic E-state index is 0.0408. The van der Waals surface area contributed by atoms with E-state index < -0.39 is 0 Å². The second kappa shape index (κ2) is 5.07. The highest BCUT2D eigenvalue weighted by atomic mass is 35.5. The van der Waals surface area contributed by atoms with E-state index >= 15 is 0 Å². The first kappa shape index (κ1) is 12.8. The van der Waals surface area contributed by atoms with Gasteiger partial charge in [0.2, 0.25) is 5.95 Å². The first-order chi connectivity index (χ1) is 9.70. The average molecular weight is 286 g/mol. The molecule has 1 aromatic heterocycles. The van der Waals surface area contributed by atoms with E-state index in [1.807, 2.05) is 30.3 Å². The predicted octanol–water partition coefficient (Wildman–Crippen LogP) is 3.02. The van der Waals surface area contributed by atoms with Crippen LogP contribution in [0.2, 0.25) is 5.02 Å². The van der Waals surface area contributed by atoms with Gasteiger partial charge in [0, 0.05) is 17.1 Å². The van der Waals surface area contributed by atoms with Crippen LogP contribution in [0.15, 0.2) is 42.6 Å². The third kappa shape index (κ3) is 2.09. The Kier molecular flexibility index (Phi) is 3.26. The molecule has 0 bridgehead atoms. The van der Waals surface area contributed by atoms with Crippen molar-refractivity contribution in [3.8, 4) is 11.1 Å². The number of benzene rings is 2. The van der Waals surface area contributed by atoms with Gasteiger partial charge in [-0.25, -0.2) is 9.97 Å². The van der Waals surface area contributed by atoms with Crippen molar-refractivity contribution in [2.75, 3.05) is 5.73 Å². The van der Waals surface area contributed by atoms with Crippen LogP contribution in [0.4, 0.5) is 5.95 Å². The SMILES string of the molecule is Nc1ncc2c(Cl)ccc(-c3ccccc3CO)c2n1. The molecule has 0 aliphatic rings. The lowest BCUT2D eigenvalue weighted by Crippen LogP contribution is -1.97. The van der Waals surface area contributed by atoms with E-state index in [-0.39, 0.29) is 12.6 Å². The summed E-state index contributed by atoms with van der Waals surface area (Å²) in [5.41, 5.74) is 8.98. The van der Waals surface area contributed by atoms with Crippen molar-refractivity contribution in [2.24, 2.45) is 0 Å². The van der Waals surface area contributed by atoms with Gasteiger partial charge in [-0.05, 0) is 17.2 Å². The number of fused-ring (bicyclic) bond motifs is 1. The quantitative estimate of drug-likeness (QED) is 0.759. The van der Waals surface area contributed by atoms with Crippen molar-refractivity contribution in [3.05, 3.63) is 53.2 Å². The first-order valence-corrected chi connectivity index (χ1v) is 6.48. The fourth-order valence-electron chi connectivity index (χ4n) is 2.24. The molecule has 100 valence electrons. The van der Waals surface area contributed by atoms with E-state index in [2.05, 4.69) is 9.97 Å². The summed E-state index contributed by atoms with van der Waals surface area (Å²) < 4.78 is 0. The zero-order valence-electron chi connectivity index (χ0n) is 10.5. The highest BCUT2D eigenvalue weighted by Crippen LogP contribution is 2.33. The van der Waals surface area contributed by atoms with Gasteiger partial charge in [-0.2, -0.15) is 0 Å². The summed E-state index contributed by atoms with van der Waals surface area (Å²) in [4.78, 5) is 8.27. The Morgan fingerprint density at radius 1 is 1.10 bits per heavy atom. The summed E-state index contributed by atoms with van der Waals surface area (Å²) >= 11 is 6.17. The average Bonchev–Trinajstić information content (AvgIpc) is 2.47. The number of anilines is 1. The van der Waals surface area contributed by atoms with Crippen molar-refractivity contribution in [1.82, 2.24) is 9.97 Å². The number of nitrogens with two attached hydrogens (primary N) is 1. The normalized spacial score (nSPS) is 10.9. The summed E-state index contributed by atoms with van der Waals surface area (Å²) in [6, 6.07) is 11.3. The summed E-state index contributed by atoms with van der Waals surface area (Å²) in [5, 5.41) is 10.8. The monoisotopic (exact) mass is 285 g/mol. The maximum absolute atomic E-state index is 9.48. The van der Waals surface area contributed by atoms with Gasteiger partial charge in [0.25, 0.3) is 0 Å². The highest BCUT2D eigenvalue weighted by molar-refractivity contribution is 6.35. The van der Waals surface area contributed by atoms with Crippen molar-refractivity contribution in [1.29, 1.82) is 0 Å². The van der Waals surface area contributed by atoms with Crippen molar-refractivity contribution in [2.45, 2.75) is 6.61 Å². The lowest BCUT2D eigenvalue weighted by molar-refractivity contribution is 0.282. The largest absolute Gasteiger partial charge is 0.392 e. The minimum Gasteiger partial charge on any atom is -0.392 e. The summed E-state index contributed by atoms with van der Waals surface area (Å²) in [6.07, 6.45) is 1.62. The Morgan fingerprint density at radius 2 is 1.90 bits per heavy atom. The summed E-state index contributed by atoms with van der Waals surface area (Å²) in [6.45, 7) is -0.0408. The number of hydrogen-bond donors (Lipinski definition) is 2. The molecular formula is C15H12ClN3O. The van der Waals surface area contributed by atoms with Crippen molar-refractivity contribution in [3.63, 3.8) is 0 Å². The Labute approximate surface area is 120 Å². The molecular weight excluding hydrogens is 274 g/mol. The fourth-order valence-corrected chi connectivity index (χ4v) is 2.44. The number of rotatable bonds is 2. The van der Waals surface area contributed by atoms with Gasteiger partial charge in [0.05, 0.1) is 17.1 Å². The standard InChI is InChI=1S/C15H12ClN3O/c16-13-6-5-11(10-4-2-1-3-9(10)8-20)14-12(13)7-18-15(17)19-14/h1-7,20H,8H2,(H2,17,18,19). The lowest BCUT2D eigenvalue weighted by atomic mass is 9.98. The van der Waals surface area contributed by atoms with Crippen LogP contribution < -0.4 is 5.73 Å². The topological polar surface area (TPSA) is 72.0 Å². The Balaban J connectivity index is 2.37. The molecule has 4 nitrogen and oxygen atoms in total. The molecule has 0 amide bonds. The van der Waals surface area contributed by atoms with E-state index in [0.29, 0.717) is 10.5 Å². The molecule has 0 atom stereocenters. The van der Waals surface area contributed by atoms with Gasteiger partial charge in [0.15, 0.2) is 0 Å². The smallest absolute Gasteiger partial charge is 0.220 e.